The second kappa shape index (κ2) is 21.4. The molecule has 0 radical (unpaired) electrons. The molecule has 0 amide bonds. The molecule has 4 N–H and O–H groups in total. The standard InChI is InChI=1S/C70H72N8O2/c1-5-8-17-43-21-27-52-56(38-43)65-71-61(52)73-66-58-40-45(19-10-7-3)23-29-54(58)63(75-66)77-68-59-41-46(24-30-55(59)64(78-68)76-67-57-39-44(18-9-6-2)22-28-53(57)62(72-65)74-67)20-15-13-11-12-14-16-35-70(80)37-34-60-51-31-25-47-42-48(79)26-32-49(47)50(51)33-36-69(60,70)4/h21-24,26-30,32,38-42,50-51,60,79-80H,5-10,12,14,16-19,25,31,33-37H2,1-4H3,(H2,71,72,73,74,75,76,77,78)/t50-,51-,60+,69+,70+/m1/s1. The number of unbranched alkanes of at least 4 members (excludes halogenated alkanes) is 5. The molecule has 2 aliphatic heterocycles. The molecular formula is C70H72N8O2. The number of H-pyrrole nitrogens is 2. The largest absolute Gasteiger partial charge is 0.508 e. The van der Waals surface area contributed by atoms with E-state index in [9.17, 15) is 10.2 Å². The first-order valence-electron chi connectivity index (χ1n) is 30.0. The molecule has 5 heterocycles. The van der Waals surface area contributed by atoms with Gasteiger partial charge in [0.1, 0.15) is 28.3 Å². The number of aliphatic hydroxyl groups is 1. The number of phenols is 1. The van der Waals surface area contributed by atoms with Crippen LogP contribution in [-0.4, -0.2) is 55.7 Å². The van der Waals surface area contributed by atoms with Gasteiger partial charge in [0.15, 0.2) is 23.3 Å². The van der Waals surface area contributed by atoms with E-state index in [4.69, 9.17) is 29.9 Å². The Bertz CT molecular complexity index is 4040. The van der Waals surface area contributed by atoms with Gasteiger partial charge in [-0.25, -0.2) is 29.9 Å². The third kappa shape index (κ3) is 9.43. The van der Waals surface area contributed by atoms with E-state index in [1.165, 1.54) is 27.8 Å². The summed E-state index contributed by atoms with van der Waals surface area (Å²) in [7, 11) is 0. The van der Waals surface area contributed by atoms with Crippen molar-refractivity contribution in [1.29, 1.82) is 0 Å². The number of aromatic amines is 2. The lowest BCUT2D eigenvalue weighted by molar-refractivity contribution is -0.108. The van der Waals surface area contributed by atoms with Gasteiger partial charge < -0.3 is 20.2 Å². The molecule has 0 spiro atoms. The summed E-state index contributed by atoms with van der Waals surface area (Å²) < 4.78 is 0. The summed E-state index contributed by atoms with van der Waals surface area (Å²) >= 11 is 0. The molecule has 5 atom stereocenters. The van der Waals surface area contributed by atoms with Crippen molar-refractivity contribution in [2.75, 3.05) is 0 Å². The predicted molar refractivity (Wildman–Crippen MR) is 323 cm³/mol. The smallest absolute Gasteiger partial charge is 0.164 e. The van der Waals surface area contributed by atoms with Crippen LogP contribution in [0.5, 0.6) is 5.75 Å². The van der Waals surface area contributed by atoms with E-state index in [2.05, 4.69) is 134 Å². The topological polar surface area (TPSA) is 149 Å². The quantitative estimate of drug-likeness (QED) is 0.0659. The molecule has 3 aliphatic carbocycles. The van der Waals surface area contributed by atoms with Crippen LogP contribution in [0.3, 0.4) is 0 Å². The summed E-state index contributed by atoms with van der Waals surface area (Å²) in [5, 5.41) is 26.2. The monoisotopic (exact) mass is 1060 g/mol. The van der Waals surface area contributed by atoms with Crippen molar-refractivity contribution < 1.29 is 10.2 Å². The molecule has 5 aromatic carbocycles. The Hall–Kier alpha value is -7.66. The van der Waals surface area contributed by atoms with Crippen molar-refractivity contribution in [1.82, 2.24) is 39.9 Å². The van der Waals surface area contributed by atoms with Crippen LogP contribution in [0.25, 0.3) is 89.7 Å². The fourth-order valence-corrected chi connectivity index (χ4v) is 14.6. The minimum atomic E-state index is -0.639. The molecule has 2 saturated carbocycles. The first-order valence-corrected chi connectivity index (χ1v) is 30.0. The Morgan fingerprint density at radius 1 is 0.550 bits per heavy atom. The lowest BCUT2D eigenvalue weighted by Gasteiger charge is -2.53. The van der Waals surface area contributed by atoms with Gasteiger partial charge in [-0.05, 0) is 208 Å². The van der Waals surface area contributed by atoms with Gasteiger partial charge in [0, 0.05) is 55.8 Å². The van der Waals surface area contributed by atoms with Crippen LogP contribution in [0.15, 0.2) is 91.0 Å². The fraction of sp³-hybridized carbons (Fsp3) is 0.400. The van der Waals surface area contributed by atoms with Gasteiger partial charge in [-0.1, -0.05) is 101 Å². The van der Waals surface area contributed by atoms with Crippen molar-refractivity contribution in [2.24, 2.45) is 17.3 Å². The normalized spacial score (nSPS) is 20.5. The van der Waals surface area contributed by atoms with Crippen molar-refractivity contribution in [3.05, 3.63) is 124 Å². The minimum Gasteiger partial charge on any atom is -0.508 e. The van der Waals surface area contributed by atoms with E-state index in [0.29, 0.717) is 69.4 Å². The number of nitrogens with zero attached hydrogens (tertiary/aromatic N) is 6. The van der Waals surface area contributed by atoms with E-state index in [0.717, 1.165) is 171 Å². The second-order valence-electron chi connectivity index (χ2n) is 23.9. The number of fused-ring (bicyclic) bond motifs is 25. The lowest BCUT2D eigenvalue weighted by atomic mass is 9.53. The van der Waals surface area contributed by atoms with Crippen LogP contribution >= 0.6 is 0 Å². The molecule has 2 fully saturated rings. The van der Waals surface area contributed by atoms with E-state index >= 15 is 0 Å². The molecule has 80 heavy (non-hydrogen) atoms. The summed E-state index contributed by atoms with van der Waals surface area (Å²) in [6.07, 6.45) is 19.3. The lowest BCUT2D eigenvalue weighted by Crippen LogP contribution is -2.50. The summed E-state index contributed by atoms with van der Waals surface area (Å²) in [6, 6.07) is 32.0. The zero-order valence-corrected chi connectivity index (χ0v) is 46.9. The van der Waals surface area contributed by atoms with Crippen molar-refractivity contribution in [2.45, 2.75) is 161 Å². The summed E-state index contributed by atoms with van der Waals surface area (Å²) in [4.78, 5) is 39.2. The maximum atomic E-state index is 12.3. The Morgan fingerprint density at radius 3 is 1.76 bits per heavy atom. The van der Waals surface area contributed by atoms with Crippen LogP contribution in [0.4, 0.5) is 0 Å². The van der Waals surface area contributed by atoms with E-state index in [-0.39, 0.29) is 5.41 Å². The van der Waals surface area contributed by atoms with E-state index < -0.39 is 5.60 Å². The maximum Gasteiger partial charge on any atom is 0.164 e. The Balaban J connectivity index is 0.836. The van der Waals surface area contributed by atoms with Crippen molar-refractivity contribution in [3.63, 3.8) is 0 Å². The highest BCUT2D eigenvalue weighted by molar-refractivity contribution is 6.07. The maximum absolute atomic E-state index is 12.3. The summed E-state index contributed by atoms with van der Waals surface area (Å²) in [5.41, 5.74) is 13.1. The van der Waals surface area contributed by atoms with E-state index in [1.54, 1.807) is 0 Å². The minimum absolute atomic E-state index is 0.0623. The zero-order valence-electron chi connectivity index (χ0n) is 46.9. The number of nitrogens with one attached hydrogen (secondary N) is 2. The molecule has 0 unspecified atom stereocenters. The number of phenolic OH excluding ortho intramolecular Hbond substituents is 1. The van der Waals surface area contributed by atoms with Crippen LogP contribution < -0.4 is 0 Å². The molecule has 8 bridgehead atoms. The molecule has 13 rings (SSSR count). The van der Waals surface area contributed by atoms with Crippen molar-refractivity contribution in [3.8, 4) is 75.0 Å². The number of aromatic nitrogens is 8. The number of rotatable bonds is 13. The zero-order chi connectivity index (χ0) is 54.5. The fourth-order valence-electron chi connectivity index (χ4n) is 14.6. The summed E-state index contributed by atoms with van der Waals surface area (Å²) in [5.74, 6) is 17.4. The Kier molecular flexibility index (Phi) is 13.9. The number of benzene rings is 5. The van der Waals surface area contributed by atoms with Crippen LogP contribution in [0.1, 0.15) is 163 Å². The van der Waals surface area contributed by atoms with Gasteiger partial charge in [-0.15, -0.1) is 0 Å². The SMILES string of the molecule is CCCCc1ccc2c(c1)-c1nc-2nc2[nH]c(nc3nc(nc4[nH]c(n1)c1ccc(C#CC#CCCCC[C@]5(O)CC[C@H]6[C@@H]7CCc8cc(O)ccc8[C@H]7CC[C@@]65C)cc41)-c1ccc(CCCC)cc1-3)c1ccc(CCCC)cc21. The first kappa shape index (κ1) is 51.8. The molecule has 5 aliphatic rings. The molecule has 404 valence electrons. The molecular weight excluding hydrogens is 985 g/mol. The Labute approximate surface area is 469 Å². The van der Waals surface area contributed by atoms with Gasteiger partial charge in [-0.2, -0.15) is 0 Å². The molecule has 8 aromatic rings. The first-order chi connectivity index (χ1) is 39.1. The molecule has 3 aromatic heterocycles. The third-order valence-electron chi connectivity index (χ3n) is 19.0. The third-order valence-corrected chi connectivity index (χ3v) is 19.0. The van der Waals surface area contributed by atoms with Crippen LogP contribution in [0, 0.1) is 40.9 Å². The molecule has 10 heteroatoms. The highest BCUT2D eigenvalue weighted by Crippen LogP contribution is 2.65. The van der Waals surface area contributed by atoms with Gasteiger partial charge >= 0.3 is 0 Å². The van der Waals surface area contributed by atoms with Crippen LogP contribution in [-0.2, 0) is 25.7 Å². The van der Waals surface area contributed by atoms with Gasteiger partial charge in [0.25, 0.3) is 0 Å². The average molecular weight is 1060 g/mol. The highest BCUT2D eigenvalue weighted by Gasteiger charge is 2.61. The summed E-state index contributed by atoms with van der Waals surface area (Å²) in [6.45, 7) is 9.07. The number of hydrogen-bond acceptors (Lipinski definition) is 8. The Morgan fingerprint density at radius 2 is 1.12 bits per heavy atom. The second-order valence-corrected chi connectivity index (χ2v) is 23.9. The highest BCUT2D eigenvalue weighted by atomic mass is 16.3. The van der Waals surface area contributed by atoms with Gasteiger partial charge in [0.2, 0.25) is 0 Å². The number of aromatic hydroxyl groups is 1. The predicted octanol–water partition coefficient (Wildman–Crippen LogP) is 15.8. The van der Waals surface area contributed by atoms with Crippen molar-refractivity contribution >= 4 is 44.1 Å². The van der Waals surface area contributed by atoms with Gasteiger partial charge in [-0.3, -0.25) is 0 Å². The average Bonchev–Trinajstić information content (AvgIpc) is 4.42. The number of hydrogen-bond donors (Lipinski definition) is 4. The van der Waals surface area contributed by atoms with Crippen LogP contribution in [0.2, 0.25) is 0 Å². The number of aryl methyl sites for hydroxylation is 4. The van der Waals surface area contributed by atoms with Gasteiger partial charge in [0.05, 0.1) is 5.60 Å². The molecule has 0 saturated heterocycles. The van der Waals surface area contributed by atoms with E-state index in [1.807, 2.05) is 18.2 Å². The molecule has 10 nitrogen and oxygen atoms in total.